The molecule has 0 aliphatic carbocycles. The van der Waals surface area contributed by atoms with Gasteiger partial charge < -0.3 is 4.74 Å². The van der Waals surface area contributed by atoms with Gasteiger partial charge in [-0.2, -0.15) is 5.10 Å². The van der Waals surface area contributed by atoms with Crippen LogP contribution in [-0.4, -0.2) is 25.2 Å². The van der Waals surface area contributed by atoms with Gasteiger partial charge >= 0.3 is 0 Å². The topological polar surface area (TPSA) is 46.0 Å². The van der Waals surface area contributed by atoms with Crippen LogP contribution in [0.25, 0.3) is 0 Å². The molecule has 1 aromatic carbocycles. The van der Waals surface area contributed by atoms with Crippen LogP contribution in [0.5, 0.6) is 5.75 Å². The minimum absolute atomic E-state index is 0.0807. The van der Waals surface area contributed by atoms with Crippen molar-refractivity contribution in [2.24, 2.45) is 10.1 Å². The number of rotatable bonds is 4. The standard InChI is InChI=1S/C13H19N3O/c1-13(2,3)14-10-16-15-9-11-5-7-12(17-4)8-6-11/h5-10H,1-4H3,(H,14,16)/b15-9+. The van der Waals surface area contributed by atoms with Gasteiger partial charge in [0.05, 0.1) is 18.9 Å². The SMILES string of the molecule is COc1ccc(/C=N/NC=NC(C)(C)C)cc1. The van der Waals surface area contributed by atoms with Crippen molar-refractivity contribution in [2.45, 2.75) is 26.3 Å². The van der Waals surface area contributed by atoms with Crippen molar-refractivity contribution < 1.29 is 4.74 Å². The van der Waals surface area contributed by atoms with E-state index in [1.165, 1.54) is 0 Å². The molecule has 4 heteroatoms. The predicted octanol–water partition coefficient (Wildman–Crippen LogP) is 2.45. The molecular weight excluding hydrogens is 214 g/mol. The van der Waals surface area contributed by atoms with Crippen molar-refractivity contribution >= 4 is 12.6 Å². The van der Waals surface area contributed by atoms with Crippen molar-refractivity contribution in [3.63, 3.8) is 0 Å². The van der Waals surface area contributed by atoms with E-state index in [0.29, 0.717) is 0 Å². The molecular formula is C13H19N3O. The molecule has 0 spiro atoms. The molecule has 4 nitrogen and oxygen atoms in total. The summed E-state index contributed by atoms with van der Waals surface area (Å²) in [4.78, 5) is 4.25. The Bertz CT molecular complexity index is 388. The molecule has 0 aliphatic rings. The first-order chi connectivity index (χ1) is 8.01. The lowest BCUT2D eigenvalue weighted by Gasteiger charge is -2.09. The van der Waals surface area contributed by atoms with Gasteiger partial charge in [-0.25, -0.2) is 0 Å². The third-order valence-electron chi connectivity index (χ3n) is 1.91. The number of ether oxygens (including phenoxy) is 1. The Morgan fingerprint density at radius 1 is 1.18 bits per heavy atom. The first-order valence-corrected chi connectivity index (χ1v) is 5.47. The Balaban J connectivity index is 2.45. The number of hydrogen-bond donors (Lipinski definition) is 1. The summed E-state index contributed by atoms with van der Waals surface area (Å²) in [6.45, 7) is 6.08. The van der Waals surface area contributed by atoms with Gasteiger partial charge in [0.1, 0.15) is 12.1 Å². The fourth-order valence-electron chi connectivity index (χ4n) is 1.06. The normalized spacial score (nSPS) is 12.2. The molecule has 0 aromatic heterocycles. The largest absolute Gasteiger partial charge is 0.497 e. The van der Waals surface area contributed by atoms with E-state index in [-0.39, 0.29) is 5.54 Å². The Morgan fingerprint density at radius 2 is 1.82 bits per heavy atom. The summed E-state index contributed by atoms with van der Waals surface area (Å²) in [6.07, 6.45) is 3.33. The molecule has 0 aliphatic heterocycles. The Labute approximate surface area is 102 Å². The minimum Gasteiger partial charge on any atom is -0.497 e. The van der Waals surface area contributed by atoms with Gasteiger partial charge in [0.25, 0.3) is 0 Å². The van der Waals surface area contributed by atoms with Crippen LogP contribution >= 0.6 is 0 Å². The second kappa shape index (κ2) is 6.03. The number of methoxy groups -OCH3 is 1. The molecule has 0 bridgehead atoms. The Morgan fingerprint density at radius 3 is 2.35 bits per heavy atom. The van der Waals surface area contributed by atoms with E-state index in [9.17, 15) is 0 Å². The summed E-state index contributed by atoms with van der Waals surface area (Å²) >= 11 is 0. The van der Waals surface area contributed by atoms with E-state index in [1.807, 2.05) is 45.0 Å². The molecule has 0 unspecified atom stereocenters. The van der Waals surface area contributed by atoms with Gasteiger partial charge in [-0.1, -0.05) is 0 Å². The highest BCUT2D eigenvalue weighted by Crippen LogP contribution is 2.09. The van der Waals surface area contributed by atoms with Crippen LogP contribution in [0.3, 0.4) is 0 Å². The summed E-state index contributed by atoms with van der Waals surface area (Å²) in [5, 5.41) is 4.04. The van der Waals surface area contributed by atoms with Crippen molar-refractivity contribution in [2.75, 3.05) is 7.11 Å². The molecule has 0 saturated heterocycles. The maximum absolute atomic E-state index is 5.07. The van der Waals surface area contributed by atoms with Crippen LogP contribution in [0.2, 0.25) is 0 Å². The van der Waals surface area contributed by atoms with Crippen LogP contribution in [0.4, 0.5) is 0 Å². The van der Waals surface area contributed by atoms with Gasteiger partial charge in [-0.05, 0) is 50.6 Å². The van der Waals surface area contributed by atoms with E-state index in [4.69, 9.17) is 4.74 Å². The summed E-state index contributed by atoms with van der Waals surface area (Å²) in [6, 6.07) is 7.66. The maximum Gasteiger partial charge on any atom is 0.118 e. The average molecular weight is 233 g/mol. The number of hydrazone groups is 1. The first-order valence-electron chi connectivity index (χ1n) is 5.47. The quantitative estimate of drug-likeness (QED) is 0.493. The summed E-state index contributed by atoms with van der Waals surface area (Å²) in [7, 11) is 1.65. The van der Waals surface area contributed by atoms with E-state index in [0.717, 1.165) is 11.3 Å². The zero-order valence-electron chi connectivity index (χ0n) is 10.8. The number of nitrogens with one attached hydrogen (secondary N) is 1. The molecule has 0 amide bonds. The monoisotopic (exact) mass is 233 g/mol. The van der Waals surface area contributed by atoms with Crippen LogP contribution in [-0.2, 0) is 0 Å². The predicted molar refractivity (Wildman–Crippen MR) is 72.0 cm³/mol. The lowest BCUT2D eigenvalue weighted by Crippen LogP contribution is -2.13. The van der Waals surface area contributed by atoms with E-state index in [1.54, 1.807) is 19.7 Å². The number of aliphatic imine (C=N–C) groups is 1. The smallest absolute Gasteiger partial charge is 0.118 e. The van der Waals surface area contributed by atoms with Gasteiger partial charge in [0.2, 0.25) is 0 Å². The second-order valence-electron chi connectivity index (χ2n) is 4.59. The zero-order chi connectivity index (χ0) is 12.7. The zero-order valence-corrected chi connectivity index (χ0v) is 10.8. The van der Waals surface area contributed by atoms with E-state index >= 15 is 0 Å². The molecule has 0 saturated carbocycles. The molecule has 1 aromatic rings. The number of benzene rings is 1. The van der Waals surface area contributed by atoms with E-state index in [2.05, 4.69) is 15.5 Å². The molecule has 92 valence electrons. The second-order valence-corrected chi connectivity index (χ2v) is 4.59. The Hall–Kier alpha value is -1.84. The lowest BCUT2D eigenvalue weighted by atomic mass is 10.1. The van der Waals surface area contributed by atoms with Crippen LogP contribution < -0.4 is 10.2 Å². The summed E-state index contributed by atoms with van der Waals surface area (Å²) in [5.41, 5.74) is 3.69. The van der Waals surface area contributed by atoms with Crippen molar-refractivity contribution in [3.05, 3.63) is 29.8 Å². The van der Waals surface area contributed by atoms with Gasteiger partial charge in [0, 0.05) is 0 Å². The van der Waals surface area contributed by atoms with Crippen molar-refractivity contribution in [1.82, 2.24) is 5.43 Å². The number of nitrogens with zero attached hydrogens (tertiary/aromatic N) is 2. The van der Waals surface area contributed by atoms with Crippen LogP contribution in [0.15, 0.2) is 34.4 Å². The third kappa shape index (κ3) is 5.70. The molecule has 17 heavy (non-hydrogen) atoms. The molecule has 1 N–H and O–H groups in total. The molecule has 0 atom stereocenters. The van der Waals surface area contributed by atoms with E-state index < -0.39 is 0 Å². The number of hydrogen-bond acceptors (Lipinski definition) is 3. The van der Waals surface area contributed by atoms with Gasteiger partial charge in [-0.3, -0.25) is 10.4 Å². The van der Waals surface area contributed by atoms with Crippen molar-refractivity contribution in [3.8, 4) is 5.75 Å². The fourth-order valence-corrected chi connectivity index (χ4v) is 1.06. The average Bonchev–Trinajstić information content (AvgIpc) is 2.28. The molecule has 0 heterocycles. The Kier molecular flexibility index (Phi) is 4.69. The highest BCUT2D eigenvalue weighted by Gasteiger charge is 2.03. The minimum atomic E-state index is -0.0807. The van der Waals surface area contributed by atoms with Crippen molar-refractivity contribution in [1.29, 1.82) is 0 Å². The molecule has 0 radical (unpaired) electrons. The summed E-state index contributed by atoms with van der Waals surface area (Å²) in [5.74, 6) is 0.837. The highest BCUT2D eigenvalue weighted by molar-refractivity contribution is 5.80. The maximum atomic E-state index is 5.07. The van der Waals surface area contributed by atoms with Gasteiger partial charge in [-0.15, -0.1) is 0 Å². The van der Waals surface area contributed by atoms with Gasteiger partial charge in [0.15, 0.2) is 0 Å². The fraction of sp³-hybridized carbons (Fsp3) is 0.385. The van der Waals surface area contributed by atoms with Crippen LogP contribution in [0.1, 0.15) is 26.3 Å². The highest BCUT2D eigenvalue weighted by atomic mass is 16.5. The molecule has 1 rings (SSSR count). The lowest BCUT2D eigenvalue weighted by molar-refractivity contribution is 0.415. The van der Waals surface area contributed by atoms with Crippen LogP contribution in [0, 0.1) is 0 Å². The summed E-state index contributed by atoms with van der Waals surface area (Å²) < 4.78 is 5.07. The first kappa shape index (κ1) is 13.2. The molecule has 0 fully saturated rings. The third-order valence-corrected chi connectivity index (χ3v) is 1.91.